The number of nitrogens with one attached hydrogen (secondary N) is 1. The van der Waals surface area contributed by atoms with Gasteiger partial charge >= 0.3 is 0 Å². The van der Waals surface area contributed by atoms with E-state index in [0.717, 1.165) is 19.3 Å². The summed E-state index contributed by atoms with van der Waals surface area (Å²) >= 11 is 0. The molecule has 0 bridgehead atoms. The second kappa shape index (κ2) is 6.21. The predicted molar refractivity (Wildman–Crippen MR) is 74.6 cm³/mol. The molecule has 1 atom stereocenters. The lowest BCUT2D eigenvalue weighted by atomic mass is 9.91. The van der Waals surface area contributed by atoms with Gasteiger partial charge in [0.1, 0.15) is 5.75 Å². The van der Waals surface area contributed by atoms with Crippen molar-refractivity contribution in [3.63, 3.8) is 0 Å². The van der Waals surface area contributed by atoms with Crippen LogP contribution in [-0.2, 0) is 6.42 Å². The molecule has 2 rings (SSSR count). The van der Waals surface area contributed by atoms with E-state index in [9.17, 15) is 5.11 Å². The standard InChI is InChI=1S/C15H24N2O/c1-11(10-12-2-8-15(18)9-3-12)17-14-6-4-13(16)5-7-14/h2-3,8-9,11,13-14,17-18H,4-7,10,16H2,1H3. The van der Waals surface area contributed by atoms with Gasteiger partial charge in [-0.15, -0.1) is 0 Å². The normalized spacial score (nSPS) is 25.9. The highest BCUT2D eigenvalue weighted by Gasteiger charge is 2.19. The largest absolute Gasteiger partial charge is 0.508 e. The summed E-state index contributed by atoms with van der Waals surface area (Å²) in [6, 6.07) is 8.99. The molecule has 0 aromatic heterocycles. The Hall–Kier alpha value is -1.06. The Morgan fingerprint density at radius 2 is 1.83 bits per heavy atom. The fourth-order valence-electron chi connectivity index (χ4n) is 2.73. The second-order valence-electron chi connectivity index (χ2n) is 5.55. The number of phenolic OH excluding ortho intramolecular Hbond substituents is 1. The van der Waals surface area contributed by atoms with Crippen LogP contribution in [-0.4, -0.2) is 23.2 Å². The highest BCUT2D eigenvalue weighted by molar-refractivity contribution is 5.26. The van der Waals surface area contributed by atoms with Gasteiger partial charge in [0.2, 0.25) is 0 Å². The van der Waals surface area contributed by atoms with Gasteiger partial charge in [-0.2, -0.15) is 0 Å². The van der Waals surface area contributed by atoms with Gasteiger partial charge in [0.15, 0.2) is 0 Å². The lowest BCUT2D eigenvalue weighted by molar-refractivity contribution is 0.319. The van der Waals surface area contributed by atoms with Gasteiger partial charge in [0.05, 0.1) is 0 Å². The average molecular weight is 248 g/mol. The van der Waals surface area contributed by atoms with Crippen molar-refractivity contribution in [3.05, 3.63) is 29.8 Å². The first kappa shape index (κ1) is 13.4. The lowest BCUT2D eigenvalue weighted by Crippen LogP contribution is -2.42. The molecule has 0 aliphatic heterocycles. The van der Waals surface area contributed by atoms with Crippen LogP contribution < -0.4 is 11.1 Å². The molecule has 1 aromatic carbocycles. The highest BCUT2D eigenvalue weighted by Crippen LogP contribution is 2.18. The van der Waals surface area contributed by atoms with Gasteiger partial charge in [-0.1, -0.05) is 12.1 Å². The van der Waals surface area contributed by atoms with Crippen LogP contribution in [0.25, 0.3) is 0 Å². The quantitative estimate of drug-likeness (QED) is 0.765. The summed E-state index contributed by atoms with van der Waals surface area (Å²) in [4.78, 5) is 0. The maximum atomic E-state index is 9.25. The van der Waals surface area contributed by atoms with Crippen LogP contribution >= 0.6 is 0 Å². The van der Waals surface area contributed by atoms with Gasteiger partial charge in [-0.05, 0) is 56.7 Å². The summed E-state index contributed by atoms with van der Waals surface area (Å²) in [7, 11) is 0. The zero-order chi connectivity index (χ0) is 13.0. The van der Waals surface area contributed by atoms with E-state index in [4.69, 9.17) is 5.73 Å². The maximum absolute atomic E-state index is 9.25. The number of phenols is 1. The monoisotopic (exact) mass is 248 g/mol. The molecule has 0 spiro atoms. The first-order valence-electron chi connectivity index (χ1n) is 6.93. The highest BCUT2D eigenvalue weighted by atomic mass is 16.3. The maximum Gasteiger partial charge on any atom is 0.115 e. The van der Waals surface area contributed by atoms with E-state index in [0.29, 0.717) is 23.9 Å². The van der Waals surface area contributed by atoms with Crippen molar-refractivity contribution in [1.82, 2.24) is 5.32 Å². The smallest absolute Gasteiger partial charge is 0.115 e. The number of hydrogen-bond acceptors (Lipinski definition) is 3. The van der Waals surface area contributed by atoms with Gasteiger partial charge in [0, 0.05) is 18.1 Å². The van der Waals surface area contributed by atoms with Gasteiger partial charge in [0.25, 0.3) is 0 Å². The molecule has 3 nitrogen and oxygen atoms in total. The molecule has 1 saturated carbocycles. The number of rotatable bonds is 4. The molecular weight excluding hydrogens is 224 g/mol. The van der Waals surface area contributed by atoms with E-state index in [1.54, 1.807) is 12.1 Å². The van der Waals surface area contributed by atoms with Gasteiger partial charge in [-0.3, -0.25) is 0 Å². The molecule has 0 saturated heterocycles. The fourth-order valence-corrected chi connectivity index (χ4v) is 2.73. The Morgan fingerprint density at radius 3 is 2.44 bits per heavy atom. The Morgan fingerprint density at radius 1 is 1.22 bits per heavy atom. The molecule has 18 heavy (non-hydrogen) atoms. The average Bonchev–Trinajstić information content (AvgIpc) is 2.35. The Bertz CT molecular complexity index is 355. The number of nitrogens with two attached hydrogens (primary N) is 1. The third kappa shape index (κ3) is 4.00. The van der Waals surface area contributed by atoms with Gasteiger partial charge < -0.3 is 16.2 Å². The van der Waals surface area contributed by atoms with Crippen molar-refractivity contribution in [2.45, 2.75) is 57.2 Å². The summed E-state index contributed by atoms with van der Waals surface area (Å²) in [5.41, 5.74) is 7.18. The topological polar surface area (TPSA) is 58.3 Å². The van der Waals surface area contributed by atoms with Crippen LogP contribution in [0.15, 0.2) is 24.3 Å². The second-order valence-corrected chi connectivity index (χ2v) is 5.55. The number of aromatic hydroxyl groups is 1. The van der Waals surface area contributed by atoms with Crippen molar-refractivity contribution in [2.24, 2.45) is 5.73 Å². The Labute approximate surface area is 109 Å². The SMILES string of the molecule is CC(Cc1ccc(O)cc1)NC1CCC(N)CC1. The first-order valence-corrected chi connectivity index (χ1v) is 6.93. The van der Waals surface area contributed by atoms with Crippen molar-refractivity contribution in [3.8, 4) is 5.75 Å². The predicted octanol–water partition coefficient (Wildman–Crippen LogP) is 2.18. The van der Waals surface area contributed by atoms with E-state index in [2.05, 4.69) is 12.2 Å². The fraction of sp³-hybridized carbons (Fsp3) is 0.600. The zero-order valence-electron chi connectivity index (χ0n) is 11.1. The van der Waals surface area contributed by atoms with Crippen LogP contribution in [0, 0.1) is 0 Å². The van der Waals surface area contributed by atoms with Crippen molar-refractivity contribution in [2.75, 3.05) is 0 Å². The molecule has 1 aliphatic rings. The van der Waals surface area contributed by atoms with E-state index in [1.807, 2.05) is 12.1 Å². The van der Waals surface area contributed by atoms with E-state index in [-0.39, 0.29) is 0 Å². The minimum atomic E-state index is 0.334. The molecular formula is C15H24N2O. The summed E-state index contributed by atoms with van der Waals surface area (Å²) < 4.78 is 0. The van der Waals surface area contributed by atoms with Crippen LogP contribution in [0.4, 0.5) is 0 Å². The molecule has 0 amide bonds. The summed E-state index contributed by atoms with van der Waals surface area (Å²) in [6.07, 6.45) is 5.68. The third-order valence-electron chi connectivity index (χ3n) is 3.77. The molecule has 1 aliphatic carbocycles. The van der Waals surface area contributed by atoms with Crippen molar-refractivity contribution < 1.29 is 5.11 Å². The summed E-state index contributed by atoms with van der Waals surface area (Å²) in [5, 5.41) is 12.9. The summed E-state index contributed by atoms with van der Waals surface area (Å²) in [5.74, 6) is 0.334. The summed E-state index contributed by atoms with van der Waals surface area (Å²) in [6.45, 7) is 2.22. The number of benzene rings is 1. The minimum absolute atomic E-state index is 0.334. The molecule has 1 aromatic rings. The molecule has 1 unspecified atom stereocenters. The van der Waals surface area contributed by atoms with E-state index >= 15 is 0 Å². The zero-order valence-corrected chi connectivity index (χ0v) is 11.1. The Kier molecular flexibility index (Phi) is 4.61. The van der Waals surface area contributed by atoms with Crippen LogP contribution in [0.2, 0.25) is 0 Å². The molecule has 0 heterocycles. The molecule has 1 fully saturated rings. The molecule has 100 valence electrons. The van der Waals surface area contributed by atoms with Crippen molar-refractivity contribution >= 4 is 0 Å². The van der Waals surface area contributed by atoms with Crippen LogP contribution in [0.5, 0.6) is 5.75 Å². The van der Waals surface area contributed by atoms with Crippen LogP contribution in [0.3, 0.4) is 0 Å². The molecule has 3 heteroatoms. The van der Waals surface area contributed by atoms with Crippen LogP contribution in [0.1, 0.15) is 38.2 Å². The van der Waals surface area contributed by atoms with Gasteiger partial charge in [-0.25, -0.2) is 0 Å². The molecule has 0 radical (unpaired) electrons. The minimum Gasteiger partial charge on any atom is -0.508 e. The van der Waals surface area contributed by atoms with E-state index < -0.39 is 0 Å². The number of hydrogen-bond donors (Lipinski definition) is 3. The Balaban J connectivity index is 1.78. The molecule has 4 N–H and O–H groups in total. The first-order chi connectivity index (χ1) is 8.63. The third-order valence-corrected chi connectivity index (χ3v) is 3.77. The van der Waals surface area contributed by atoms with E-state index in [1.165, 1.54) is 18.4 Å². The van der Waals surface area contributed by atoms with Crippen molar-refractivity contribution in [1.29, 1.82) is 0 Å². The lowest BCUT2D eigenvalue weighted by Gasteiger charge is -2.29.